The van der Waals surface area contributed by atoms with E-state index in [1.54, 1.807) is 0 Å². The van der Waals surface area contributed by atoms with E-state index >= 15 is 0 Å². The molecule has 3 N–H and O–H groups in total. The van der Waals surface area contributed by atoms with Gasteiger partial charge in [-0.1, -0.05) is 119 Å². The lowest BCUT2D eigenvalue weighted by molar-refractivity contribution is 0.280. The zero-order valence-electron chi connectivity index (χ0n) is 29.4. The maximum Gasteiger partial charge on any atom is 0.0468 e. The standard InChI is InChI=1S/C42H65N3/c1-9-12-16-22-37(21-13-10-2)29-30-41(43-34(6)27-28-38-23-17-14-18-24-38)35(7)45-42(32-39-25-19-15-20-26-39)36(8)44-40(11-3)31-33(4)5/h9-11,13-14,16-18,22-24,33,35,39-45H,3,6,8,15,19-21,25-32H2,1-2,4-5,7H3/b13-10-,37-22+/t12?,35?,40?,41?,42-/m0/s1. The van der Waals surface area contributed by atoms with Crippen LogP contribution < -0.4 is 16.0 Å². The van der Waals surface area contributed by atoms with E-state index in [0.29, 0.717) is 5.92 Å². The smallest absolute Gasteiger partial charge is 0.0468 e. The highest BCUT2D eigenvalue weighted by Crippen LogP contribution is 2.29. The van der Waals surface area contributed by atoms with E-state index in [4.69, 9.17) is 0 Å². The molecule has 0 bridgehead atoms. The van der Waals surface area contributed by atoms with Crippen LogP contribution in [0.5, 0.6) is 0 Å². The molecule has 0 amide bonds. The Morgan fingerprint density at radius 1 is 1.00 bits per heavy atom. The van der Waals surface area contributed by atoms with E-state index in [1.807, 2.05) is 25.2 Å². The molecule has 1 saturated carbocycles. The van der Waals surface area contributed by atoms with Gasteiger partial charge < -0.3 is 16.0 Å². The lowest BCUT2D eigenvalue weighted by Crippen LogP contribution is -2.52. The molecule has 0 spiro atoms. The normalized spacial score (nSPS) is 16.8. The third-order valence-electron chi connectivity index (χ3n) is 9.08. The van der Waals surface area contributed by atoms with Crippen LogP contribution in [0.4, 0.5) is 0 Å². The monoisotopic (exact) mass is 612 g/mol. The van der Waals surface area contributed by atoms with Crippen molar-refractivity contribution in [2.45, 2.75) is 136 Å². The summed E-state index contributed by atoms with van der Waals surface area (Å²) in [6.45, 7) is 24.2. The van der Waals surface area contributed by atoms with Crippen LogP contribution in [0.15, 0.2) is 109 Å². The lowest BCUT2D eigenvalue weighted by Gasteiger charge is -2.36. The summed E-state index contributed by atoms with van der Waals surface area (Å²) in [7, 11) is 0. The summed E-state index contributed by atoms with van der Waals surface area (Å²) in [5.74, 6) is 1.34. The molecule has 3 heteroatoms. The summed E-state index contributed by atoms with van der Waals surface area (Å²) >= 11 is 0. The molecule has 3 unspecified atom stereocenters. The molecule has 4 atom stereocenters. The molecule has 45 heavy (non-hydrogen) atoms. The molecule has 0 saturated heterocycles. The molecular weight excluding hydrogens is 546 g/mol. The first kappa shape index (κ1) is 38.2. The molecule has 1 aromatic rings. The minimum Gasteiger partial charge on any atom is -0.385 e. The van der Waals surface area contributed by atoms with Gasteiger partial charge in [-0.3, -0.25) is 0 Å². The SMILES string of the molecule is C=CC(CC(C)C)NC(=C)[C@H](CC1CCCCC1)NC(C)C(CC/C(=C/C=C=CC)C/C=C\C)NC(=C)CCc1ccccc1. The van der Waals surface area contributed by atoms with Crippen molar-refractivity contribution in [3.8, 4) is 0 Å². The zero-order chi connectivity index (χ0) is 32.9. The fourth-order valence-corrected chi connectivity index (χ4v) is 6.41. The van der Waals surface area contributed by atoms with Gasteiger partial charge in [0.2, 0.25) is 0 Å². The van der Waals surface area contributed by atoms with Crippen molar-refractivity contribution in [1.82, 2.24) is 16.0 Å². The lowest BCUT2D eigenvalue weighted by atomic mass is 9.83. The molecule has 1 aliphatic rings. The maximum atomic E-state index is 4.61. The van der Waals surface area contributed by atoms with Crippen LogP contribution in [-0.2, 0) is 6.42 Å². The van der Waals surface area contributed by atoms with E-state index in [0.717, 1.165) is 62.3 Å². The van der Waals surface area contributed by atoms with Gasteiger partial charge in [0.15, 0.2) is 0 Å². The van der Waals surface area contributed by atoms with Crippen LogP contribution in [0, 0.1) is 11.8 Å². The highest BCUT2D eigenvalue weighted by Gasteiger charge is 2.26. The predicted molar refractivity (Wildman–Crippen MR) is 199 cm³/mol. The highest BCUT2D eigenvalue weighted by molar-refractivity contribution is 5.18. The summed E-state index contributed by atoms with van der Waals surface area (Å²) in [6, 6.07) is 11.6. The van der Waals surface area contributed by atoms with Crippen molar-refractivity contribution in [3.05, 3.63) is 115 Å². The van der Waals surface area contributed by atoms with Gasteiger partial charge in [-0.15, -0.1) is 12.3 Å². The summed E-state index contributed by atoms with van der Waals surface area (Å²) in [6.07, 6.45) is 26.5. The molecule has 1 aromatic carbocycles. The van der Waals surface area contributed by atoms with Crippen LogP contribution in [0.2, 0.25) is 0 Å². The van der Waals surface area contributed by atoms with Gasteiger partial charge in [0.25, 0.3) is 0 Å². The van der Waals surface area contributed by atoms with Crippen molar-refractivity contribution < 1.29 is 0 Å². The fraction of sp³-hybridized carbons (Fsp3) is 0.548. The number of hydrogen-bond donors (Lipinski definition) is 3. The van der Waals surface area contributed by atoms with Crippen LogP contribution in [0.3, 0.4) is 0 Å². The number of aryl methyl sites for hydroxylation is 1. The molecule has 2 rings (SSSR count). The highest BCUT2D eigenvalue weighted by atomic mass is 15.1. The van der Waals surface area contributed by atoms with Crippen molar-refractivity contribution in [2.75, 3.05) is 0 Å². The summed E-state index contributed by atoms with van der Waals surface area (Å²) in [5, 5.41) is 11.7. The van der Waals surface area contributed by atoms with E-state index in [9.17, 15) is 0 Å². The van der Waals surface area contributed by atoms with E-state index in [2.05, 4.69) is 118 Å². The Kier molecular flexibility index (Phi) is 19.1. The average Bonchev–Trinajstić information content (AvgIpc) is 3.04. The predicted octanol–water partition coefficient (Wildman–Crippen LogP) is 10.5. The molecule has 248 valence electrons. The first-order chi connectivity index (χ1) is 21.7. The third kappa shape index (κ3) is 16.2. The zero-order valence-corrected chi connectivity index (χ0v) is 29.4. The Morgan fingerprint density at radius 2 is 1.73 bits per heavy atom. The Balaban J connectivity index is 2.25. The Morgan fingerprint density at radius 3 is 2.38 bits per heavy atom. The number of rotatable bonds is 22. The van der Waals surface area contributed by atoms with Gasteiger partial charge in [0, 0.05) is 35.6 Å². The van der Waals surface area contributed by atoms with Gasteiger partial charge in [0.05, 0.1) is 0 Å². The topological polar surface area (TPSA) is 36.1 Å². The van der Waals surface area contributed by atoms with Crippen molar-refractivity contribution in [3.63, 3.8) is 0 Å². The second-order valence-corrected chi connectivity index (χ2v) is 13.5. The van der Waals surface area contributed by atoms with Crippen LogP contribution in [0.1, 0.15) is 111 Å². The Bertz CT molecular complexity index is 1110. The first-order valence-electron chi connectivity index (χ1n) is 17.7. The second-order valence-electron chi connectivity index (χ2n) is 13.5. The molecular formula is C42H65N3. The minimum atomic E-state index is 0.204. The van der Waals surface area contributed by atoms with Crippen LogP contribution in [-0.4, -0.2) is 24.2 Å². The van der Waals surface area contributed by atoms with Gasteiger partial charge in [-0.25, -0.2) is 0 Å². The van der Waals surface area contributed by atoms with E-state index in [1.165, 1.54) is 43.2 Å². The molecule has 3 nitrogen and oxygen atoms in total. The fourth-order valence-electron chi connectivity index (χ4n) is 6.41. The van der Waals surface area contributed by atoms with Gasteiger partial charge >= 0.3 is 0 Å². The number of benzene rings is 1. The Hall–Kier alpha value is -3.00. The van der Waals surface area contributed by atoms with Crippen molar-refractivity contribution in [1.29, 1.82) is 0 Å². The molecule has 1 aliphatic carbocycles. The average molecular weight is 612 g/mol. The van der Waals surface area contributed by atoms with Gasteiger partial charge in [-0.05, 0) is 95.3 Å². The van der Waals surface area contributed by atoms with Crippen molar-refractivity contribution in [2.24, 2.45) is 11.8 Å². The van der Waals surface area contributed by atoms with Gasteiger partial charge in [0.1, 0.15) is 0 Å². The molecule has 0 aromatic heterocycles. The van der Waals surface area contributed by atoms with Gasteiger partial charge in [-0.2, -0.15) is 0 Å². The third-order valence-corrected chi connectivity index (χ3v) is 9.08. The first-order valence-corrected chi connectivity index (χ1v) is 17.7. The number of nitrogens with one attached hydrogen (secondary N) is 3. The molecule has 0 heterocycles. The maximum absolute atomic E-state index is 4.61. The summed E-state index contributed by atoms with van der Waals surface area (Å²) in [4.78, 5) is 0. The summed E-state index contributed by atoms with van der Waals surface area (Å²) < 4.78 is 0. The quantitative estimate of drug-likeness (QED) is 0.0693. The summed E-state index contributed by atoms with van der Waals surface area (Å²) in [5.41, 5.74) is 8.20. The largest absolute Gasteiger partial charge is 0.385 e. The van der Waals surface area contributed by atoms with E-state index in [-0.39, 0.29) is 24.2 Å². The van der Waals surface area contributed by atoms with Crippen molar-refractivity contribution >= 4 is 0 Å². The Labute approximate surface area is 277 Å². The second kappa shape index (κ2) is 22.5. The minimum absolute atomic E-state index is 0.204. The van der Waals surface area contributed by atoms with E-state index < -0.39 is 0 Å². The number of allylic oxidation sites excluding steroid dienone is 6. The molecule has 1 fully saturated rings. The molecule has 0 radical (unpaired) electrons. The molecule has 0 aliphatic heterocycles. The van der Waals surface area contributed by atoms with Crippen LogP contribution >= 0.6 is 0 Å². The number of hydrogen-bond acceptors (Lipinski definition) is 3. The van der Waals surface area contributed by atoms with Crippen LogP contribution in [0.25, 0.3) is 0 Å².